The van der Waals surface area contributed by atoms with E-state index in [-0.39, 0.29) is 0 Å². The van der Waals surface area contributed by atoms with Crippen LogP contribution in [0, 0.1) is 11.8 Å². The van der Waals surface area contributed by atoms with Gasteiger partial charge in [0.2, 0.25) is 0 Å². The molecule has 0 aromatic carbocycles. The van der Waals surface area contributed by atoms with Crippen LogP contribution in [0.5, 0.6) is 0 Å². The topological polar surface area (TPSA) is 12.0 Å². The lowest BCUT2D eigenvalue weighted by Crippen LogP contribution is -2.55. The first kappa shape index (κ1) is 12.9. The van der Waals surface area contributed by atoms with Crippen molar-refractivity contribution in [3.05, 3.63) is 0 Å². The zero-order valence-corrected chi connectivity index (χ0v) is 10.0. The minimum atomic E-state index is -2.24. The maximum Gasteiger partial charge on any atom is 0.256 e. The summed E-state index contributed by atoms with van der Waals surface area (Å²) in [6.45, 7) is 6.97. The molecule has 0 bridgehead atoms. The molecule has 90 valence electrons. The van der Waals surface area contributed by atoms with Crippen LogP contribution in [0.4, 0.5) is 8.78 Å². The molecule has 1 aliphatic carbocycles. The third-order valence-electron chi connectivity index (χ3n) is 3.85. The lowest BCUT2D eigenvalue weighted by molar-refractivity contribution is -0.0160. The van der Waals surface area contributed by atoms with Crippen LogP contribution in [0.1, 0.15) is 46.5 Å². The van der Waals surface area contributed by atoms with Crippen molar-refractivity contribution < 1.29 is 8.78 Å². The first-order valence-electron chi connectivity index (χ1n) is 6.05. The second kappa shape index (κ2) is 5.24. The van der Waals surface area contributed by atoms with Crippen molar-refractivity contribution in [1.29, 1.82) is 0 Å². The van der Waals surface area contributed by atoms with E-state index in [4.69, 9.17) is 0 Å². The first-order chi connectivity index (χ1) is 7.02. The van der Waals surface area contributed by atoms with Crippen molar-refractivity contribution >= 4 is 0 Å². The summed E-state index contributed by atoms with van der Waals surface area (Å²) in [5, 5.41) is 3.09. The largest absolute Gasteiger partial charge is 0.306 e. The Morgan fingerprint density at radius 2 is 2.00 bits per heavy atom. The monoisotopic (exact) mass is 219 g/mol. The summed E-state index contributed by atoms with van der Waals surface area (Å²) < 4.78 is 26.3. The minimum absolute atomic E-state index is 0.400. The van der Waals surface area contributed by atoms with E-state index in [1.807, 2.05) is 6.92 Å². The van der Waals surface area contributed by atoms with Crippen LogP contribution in [-0.2, 0) is 0 Å². The van der Waals surface area contributed by atoms with E-state index < -0.39 is 12.0 Å². The van der Waals surface area contributed by atoms with Gasteiger partial charge in [0.1, 0.15) is 0 Å². The predicted octanol–water partition coefficient (Wildman–Crippen LogP) is 3.45. The maximum absolute atomic E-state index is 13.1. The number of halogens is 2. The van der Waals surface area contributed by atoms with E-state index in [1.165, 1.54) is 0 Å². The Labute approximate surface area is 91.6 Å². The molecule has 1 fully saturated rings. The van der Waals surface area contributed by atoms with Gasteiger partial charge < -0.3 is 5.32 Å². The zero-order chi connectivity index (χ0) is 11.5. The van der Waals surface area contributed by atoms with Gasteiger partial charge in [-0.3, -0.25) is 0 Å². The van der Waals surface area contributed by atoms with Crippen LogP contribution in [0.15, 0.2) is 0 Å². The molecular weight excluding hydrogens is 196 g/mol. The van der Waals surface area contributed by atoms with Gasteiger partial charge in [-0.1, -0.05) is 20.8 Å². The summed E-state index contributed by atoms with van der Waals surface area (Å²) in [5.74, 6) is 0.984. The van der Waals surface area contributed by atoms with Crippen molar-refractivity contribution in [2.24, 2.45) is 11.8 Å². The van der Waals surface area contributed by atoms with Gasteiger partial charge in [0.05, 0.1) is 5.54 Å². The molecule has 3 unspecified atom stereocenters. The van der Waals surface area contributed by atoms with Gasteiger partial charge in [0.25, 0.3) is 6.43 Å². The fourth-order valence-electron chi connectivity index (χ4n) is 2.46. The Hall–Kier alpha value is -0.180. The highest BCUT2D eigenvalue weighted by Crippen LogP contribution is 2.39. The molecule has 1 rings (SSSR count). The van der Waals surface area contributed by atoms with Crippen LogP contribution in [0.3, 0.4) is 0 Å². The second-order valence-corrected chi connectivity index (χ2v) is 5.08. The van der Waals surface area contributed by atoms with E-state index in [2.05, 4.69) is 19.2 Å². The van der Waals surface area contributed by atoms with Gasteiger partial charge in [-0.05, 0) is 44.1 Å². The Kier molecular flexibility index (Phi) is 4.50. The number of rotatable bonds is 4. The predicted molar refractivity (Wildman–Crippen MR) is 59.2 cm³/mol. The average molecular weight is 219 g/mol. The molecule has 3 heteroatoms. The van der Waals surface area contributed by atoms with Gasteiger partial charge in [0.15, 0.2) is 0 Å². The van der Waals surface area contributed by atoms with Gasteiger partial charge in [-0.15, -0.1) is 0 Å². The molecule has 1 N–H and O–H groups in total. The summed E-state index contributed by atoms with van der Waals surface area (Å²) in [6, 6.07) is 0. The highest BCUT2D eigenvalue weighted by atomic mass is 19.3. The number of hydrogen-bond acceptors (Lipinski definition) is 1. The fourth-order valence-corrected chi connectivity index (χ4v) is 2.46. The Morgan fingerprint density at radius 3 is 2.47 bits per heavy atom. The van der Waals surface area contributed by atoms with Crippen molar-refractivity contribution in [2.45, 2.75) is 58.4 Å². The first-order valence-corrected chi connectivity index (χ1v) is 6.05. The average Bonchev–Trinajstić information content (AvgIpc) is 2.20. The van der Waals surface area contributed by atoms with Gasteiger partial charge in [0, 0.05) is 0 Å². The molecule has 0 radical (unpaired) electrons. The molecule has 0 amide bonds. The van der Waals surface area contributed by atoms with Crippen LogP contribution in [0.25, 0.3) is 0 Å². The van der Waals surface area contributed by atoms with E-state index >= 15 is 0 Å². The normalized spacial score (nSPS) is 37.2. The quantitative estimate of drug-likeness (QED) is 0.763. The molecule has 0 saturated heterocycles. The summed E-state index contributed by atoms with van der Waals surface area (Å²) in [4.78, 5) is 0. The Balaban J connectivity index is 2.65. The zero-order valence-electron chi connectivity index (χ0n) is 10.0. The highest BCUT2D eigenvalue weighted by Gasteiger charge is 2.44. The van der Waals surface area contributed by atoms with Crippen LogP contribution >= 0.6 is 0 Å². The van der Waals surface area contributed by atoms with Crippen LogP contribution in [-0.4, -0.2) is 18.5 Å². The molecule has 0 spiro atoms. The van der Waals surface area contributed by atoms with Crippen molar-refractivity contribution in [3.63, 3.8) is 0 Å². The van der Waals surface area contributed by atoms with Crippen molar-refractivity contribution in [3.8, 4) is 0 Å². The van der Waals surface area contributed by atoms with Crippen LogP contribution < -0.4 is 5.32 Å². The second-order valence-electron chi connectivity index (χ2n) is 5.08. The fraction of sp³-hybridized carbons (Fsp3) is 1.00. The summed E-state index contributed by atoms with van der Waals surface area (Å²) in [7, 11) is 0. The highest BCUT2D eigenvalue weighted by molar-refractivity contribution is 4.96. The molecule has 3 atom stereocenters. The van der Waals surface area contributed by atoms with E-state index in [9.17, 15) is 8.78 Å². The minimum Gasteiger partial charge on any atom is -0.306 e. The number of nitrogens with one attached hydrogen (secondary N) is 1. The van der Waals surface area contributed by atoms with Crippen LogP contribution in [0.2, 0.25) is 0 Å². The molecule has 1 saturated carbocycles. The smallest absolute Gasteiger partial charge is 0.256 e. The SMILES string of the molecule is CCCNC1(C(F)F)CCC(C)C(C)C1. The van der Waals surface area contributed by atoms with Crippen molar-refractivity contribution in [1.82, 2.24) is 5.32 Å². The lowest BCUT2D eigenvalue weighted by atomic mass is 9.71. The Morgan fingerprint density at radius 1 is 1.33 bits per heavy atom. The van der Waals surface area contributed by atoms with Gasteiger partial charge >= 0.3 is 0 Å². The summed E-state index contributed by atoms with van der Waals surface area (Å²) in [5.41, 5.74) is -0.901. The molecule has 1 aliphatic rings. The molecule has 1 nitrogen and oxygen atoms in total. The van der Waals surface area contributed by atoms with E-state index in [1.54, 1.807) is 0 Å². The lowest BCUT2D eigenvalue weighted by Gasteiger charge is -2.43. The third-order valence-corrected chi connectivity index (χ3v) is 3.85. The molecule has 0 aromatic rings. The number of alkyl halides is 2. The summed E-state index contributed by atoms with van der Waals surface area (Å²) >= 11 is 0. The Bertz CT molecular complexity index is 192. The molecule has 0 aromatic heterocycles. The molecule has 0 aliphatic heterocycles. The number of hydrogen-bond donors (Lipinski definition) is 1. The van der Waals surface area contributed by atoms with Gasteiger partial charge in [-0.25, -0.2) is 8.78 Å². The maximum atomic E-state index is 13.1. The molecule has 0 heterocycles. The van der Waals surface area contributed by atoms with E-state index in [0.29, 0.717) is 31.2 Å². The standard InChI is InChI=1S/C12H23F2N/c1-4-7-15-12(11(13)14)6-5-9(2)10(3)8-12/h9-11,15H,4-8H2,1-3H3. The molecular formula is C12H23F2N. The van der Waals surface area contributed by atoms with Gasteiger partial charge in [-0.2, -0.15) is 0 Å². The van der Waals surface area contributed by atoms with E-state index in [0.717, 1.165) is 12.8 Å². The molecule has 15 heavy (non-hydrogen) atoms. The summed E-state index contributed by atoms with van der Waals surface area (Å²) in [6.07, 6.45) is 0.835. The third kappa shape index (κ3) is 2.90. The van der Waals surface area contributed by atoms with Crippen molar-refractivity contribution in [2.75, 3.05) is 6.54 Å².